The molecule has 0 amide bonds. The monoisotopic (exact) mass is 341 g/mol. The lowest BCUT2D eigenvalue weighted by atomic mass is 11.0. The topological polar surface area (TPSA) is 26.0 Å². The molecule has 0 aromatic carbocycles. The fraction of sp³-hybridized carbons (Fsp3) is 0.600. The van der Waals surface area contributed by atoms with Crippen LogP contribution in [0.2, 0.25) is 0 Å². The molecule has 0 aliphatic carbocycles. The molecule has 0 rings (SSSR count). The van der Waals surface area contributed by atoms with Crippen molar-refractivity contribution in [1.29, 1.82) is 0 Å². The Balaban J connectivity index is -0.0000000133. The summed E-state index contributed by atoms with van der Waals surface area (Å²) in [7, 11) is 1.50. The highest BCUT2D eigenvalue weighted by molar-refractivity contribution is 15.0. The maximum Gasteiger partial charge on any atom is 0 e. The Morgan fingerprint density at radius 3 is 1.00 bits per heavy atom. The van der Waals surface area contributed by atoms with Crippen LogP contribution in [0.3, 0.4) is 0 Å². The van der Waals surface area contributed by atoms with Gasteiger partial charge in [0.05, 0.1) is 0 Å². The van der Waals surface area contributed by atoms with E-state index in [4.69, 9.17) is 0 Å². The molecule has 1 nitrogen and oxygen atoms in total. The molecule has 0 aliphatic rings. The average molecular weight is 341 g/mol. The van der Waals surface area contributed by atoms with Gasteiger partial charge in [0.2, 0.25) is 0 Å². The number of hydrogen-bond acceptors (Lipinski definition) is 1. The number of nitrogens with two attached hydrogens (primary N) is 1. The molecule has 0 fully saturated rings. The molecule has 2 N–H and O–H groups in total. The summed E-state index contributed by atoms with van der Waals surface area (Å²) < 4.78 is 0. The lowest BCUT2D eigenvalue weighted by molar-refractivity contribution is 1.48. The van der Waals surface area contributed by atoms with Crippen LogP contribution >= 0.6 is 37.2 Å². The van der Waals surface area contributed by atoms with Crippen LogP contribution in [0, 0.1) is 12.8 Å². The van der Waals surface area contributed by atoms with Crippen LogP contribution in [0.4, 0.5) is 0 Å². The molecule has 0 radical (unpaired) electrons. The maximum atomic E-state index is 4.50. The molecule has 0 aromatic heterocycles. The quantitative estimate of drug-likeness (QED) is 0.532. The van der Waals surface area contributed by atoms with Gasteiger partial charge in [-0.25, -0.2) is 0 Å². The van der Waals surface area contributed by atoms with E-state index >= 15 is 0 Å². The van der Waals surface area contributed by atoms with Crippen LogP contribution in [-0.4, -0.2) is 7.05 Å². The molecule has 0 heterocycles. The van der Waals surface area contributed by atoms with E-state index in [0.29, 0.717) is 0 Å². The van der Waals surface area contributed by atoms with E-state index in [9.17, 15) is 0 Å². The van der Waals surface area contributed by atoms with Gasteiger partial charge in [-0.15, -0.1) is 12.8 Å². The second kappa shape index (κ2) is 405. The third-order valence-electron chi connectivity index (χ3n) is 0. The second-order valence-electron chi connectivity index (χ2n) is 0. The summed E-state index contributed by atoms with van der Waals surface area (Å²) in [5.74, 6) is 0. The summed E-state index contributed by atoms with van der Waals surface area (Å²) in [5.41, 5.74) is 4.50. The second-order valence-corrected chi connectivity index (χ2v) is 0. The third kappa shape index (κ3) is 260. The van der Waals surface area contributed by atoms with E-state index in [0.717, 1.165) is 0 Å². The van der Waals surface area contributed by atoms with Crippen molar-refractivity contribution in [3.63, 3.8) is 0 Å². The van der Waals surface area contributed by atoms with Gasteiger partial charge >= 0.3 is 0 Å². The molecule has 8 heavy (non-hydrogen) atoms. The minimum atomic E-state index is 1.50. The Kier molecular flexibility index (Phi) is 1170. The van der Waals surface area contributed by atoms with Crippen molar-refractivity contribution in [3.05, 3.63) is 0 Å². The van der Waals surface area contributed by atoms with Gasteiger partial charge in [0.25, 0.3) is 0 Å². The number of halogens is 2. The van der Waals surface area contributed by atoms with Gasteiger partial charge in [-0.1, -0.05) is 13.8 Å². The van der Waals surface area contributed by atoms with Crippen LogP contribution in [0.25, 0.3) is 0 Å². The molecule has 0 bridgehead atoms. The van der Waals surface area contributed by atoms with Crippen molar-refractivity contribution >= 4 is 37.2 Å². The SMILES string of the molecule is C#C.CC.CN.II. The Bertz CT molecular complexity index is 15.1. The predicted molar refractivity (Wildman–Crippen MR) is 59.4 cm³/mol. The van der Waals surface area contributed by atoms with Crippen molar-refractivity contribution in [2.45, 2.75) is 13.8 Å². The third-order valence-corrected chi connectivity index (χ3v) is 0. The minimum Gasteiger partial charge on any atom is -0.333 e. The van der Waals surface area contributed by atoms with Crippen LogP contribution in [-0.2, 0) is 0 Å². The van der Waals surface area contributed by atoms with E-state index in [1.165, 1.54) is 7.05 Å². The Morgan fingerprint density at radius 1 is 1.00 bits per heavy atom. The van der Waals surface area contributed by atoms with E-state index in [2.05, 4.69) is 55.8 Å². The molecule has 0 saturated heterocycles. The van der Waals surface area contributed by atoms with Gasteiger partial charge < -0.3 is 5.73 Å². The highest BCUT2D eigenvalue weighted by atomic mass is 128. The molecular formula is C5H13I2N. The smallest absolute Gasteiger partial charge is 0 e. The van der Waals surface area contributed by atoms with Crippen molar-refractivity contribution in [3.8, 4) is 12.8 Å². The maximum absolute atomic E-state index is 4.50. The number of rotatable bonds is 0. The van der Waals surface area contributed by atoms with Crippen LogP contribution in [0.5, 0.6) is 0 Å². The van der Waals surface area contributed by atoms with Crippen LogP contribution in [0.1, 0.15) is 13.8 Å². The Hall–Kier alpha value is 0.980. The first-order valence-corrected chi connectivity index (χ1v) is 8.34. The van der Waals surface area contributed by atoms with Crippen LogP contribution in [0.15, 0.2) is 0 Å². The molecule has 3 heteroatoms. The summed E-state index contributed by atoms with van der Waals surface area (Å²) >= 11 is 4.24. The van der Waals surface area contributed by atoms with Gasteiger partial charge in [0.1, 0.15) is 0 Å². The Morgan fingerprint density at radius 2 is 1.00 bits per heavy atom. The summed E-state index contributed by atoms with van der Waals surface area (Å²) in [6.45, 7) is 4.00. The highest BCUT2D eigenvalue weighted by Gasteiger charge is 1.00. The number of terminal acetylenes is 1. The van der Waals surface area contributed by atoms with E-state index in [1.807, 2.05) is 13.8 Å². The molecule has 0 unspecified atom stereocenters. The van der Waals surface area contributed by atoms with E-state index in [-0.39, 0.29) is 0 Å². The summed E-state index contributed by atoms with van der Waals surface area (Å²) in [6, 6.07) is 0. The molecule has 0 atom stereocenters. The summed E-state index contributed by atoms with van der Waals surface area (Å²) in [5, 5.41) is 0. The predicted octanol–water partition coefficient (Wildman–Crippen LogP) is 2.62. The zero-order chi connectivity index (χ0) is 8.00. The lowest BCUT2D eigenvalue weighted by Crippen LogP contribution is -1.69. The van der Waals surface area contributed by atoms with Crippen molar-refractivity contribution in [1.82, 2.24) is 0 Å². The van der Waals surface area contributed by atoms with Gasteiger partial charge in [-0.3, -0.25) is 0 Å². The molecular weight excluding hydrogens is 328 g/mol. The molecule has 0 aromatic rings. The summed E-state index contributed by atoms with van der Waals surface area (Å²) in [6.07, 6.45) is 8.00. The Labute approximate surface area is 76.1 Å². The van der Waals surface area contributed by atoms with Crippen molar-refractivity contribution in [2.75, 3.05) is 7.05 Å². The molecule has 0 spiro atoms. The molecule has 52 valence electrons. The first-order valence-electron chi connectivity index (χ1n) is 2.05. The van der Waals surface area contributed by atoms with E-state index < -0.39 is 0 Å². The fourth-order valence-corrected chi connectivity index (χ4v) is 0. The van der Waals surface area contributed by atoms with Gasteiger partial charge in [0.15, 0.2) is 0 Å². The number of hydrogen-bond donors (Lipinski definition) is 1. The highest BCUT2D eigenvalue weighted by Crippen LogP contribution is 1.89. The summed E-state index contributed by atoms with van der Waals surface area (Å²) in [4.78, 5) is 0. The van der Waals surface area contributed by atoms with Crippen molar-refractivity contribution < 1.29 is 0 Å². The molecule has 0 aliphatic heterocycles. The van der Waals surface area contributed by atoms with Gasteiger partial charge in [-0.2, -0.15) is 0 Å². The molecule has 0 saturated carbocycles. The average Bonchev–Trinajstić information content (AvgIpc) is 2.03. The van der Waals surface area contributed by atoms with Crippen LogP contribution < -0.4 is 5.73 Å². The zero-order valence-corrected chi connectivity index (χ0v) is 9.80. The fourth-order valence-electron chi connectivity index (χ4n) is 0. The first-order chi connectivity index (χ1) is 4.00. The first kappa shape index (κ1) is 23.1. The largest absolute Gasteiger partial charge is 0.333 e. The normalized spacial score (nSPS) is 2.50. The standard InChI is InChI=1S/C2H6.C2H2.CH5N.I2/c4*1-2/h1-2H3;1-2H;2H2,1H3;. The van der Waals surface area contributed by atoms with Gasteiger partial charge in [0, 0.05) is 37.2 Å². The minimum absolute atomic E-state index is 1.50. The van der Waals surface area contributed by atoms with Crippen molar-refractivity contribution in [2.24, 2.45) is 5.73 Å². The lowest BCUT2D eigenvalue weighted by Gasteiger charge is -1.19. The van der Waals surface area contributed by atoms with E-state index in [1.54, 1.807) is 0 Å². The van der Waals surface area contributed by atoms with Gasteiger partial charge in [-0.05, 0) is 7.05 Å². The zero-order valence-electron chi connectivity index (χ0n) is 5.49.